The van der Waals surface area contributed by atoms with Crippen LogP contribution in [0.4, 0.5) is 0 Å². The van der Waals surface area contributed by atoms with E-state index < -0.39 is 5.25 Å². The third-order valence-corrected chi connectivity index (χ3v) is 8.39. The molecule has 2 fully saturated rings. The van der Waals surface area contributed by atoms with E-state index in [1.165, 1.54) is 24.6 Å². The number of carbonyl (C=O) groups is 2. The molecule has 2 amide bonds. The van der Waals surface area contributed by atoms with E-state index in [0.29, 0.717) is 18.5 Å². The Bertz CT molecular complexity index is 1060. The summed E-state index contributed by atoms with van der Waals surface area (Å²) in [5.74, 6) is 1.81. The largest absolute Gasteiger partial charge is 0.497 e. The fourth-order valence-corrected chi connectivity index (χ4v) is 6.24. The Morgan fingerprint density at radius 1 is 1.18 bits per heavy atom. The summed E-state index contributed by atoms with van der Waals surface area (Å²) in [6.45, 7) is 3.59. The zero-order valence-electron chi connectivity index (χ0n) is 19.8. The van der Waals surface area contributed by atoms with Crippen LogP contribution in [0.3, 0.4) is 0 Å². The number of thioether (sulfide) groups is 1. The number of aliphatic imine (C=N–C) groups is 2. The Balaban J connectivity index is 1.30. The molecule has 1 aliphatic carbocycles. The maximum Gasteiger partial charge on any atom is 0.268 e. The third kappa shape index (κ3) is 4.78. The van der Waals surface area contributed by atoms with Crippen LogP contribution in [0, 0.1) is 11.8 Å². The van der Waals surface area contributed by atoms with Crippen LogP contribution >= 0.6 is 11.8 Å². The minimum atomic E-state index is -0.400. The van der Waals surface area contributed by atoms with Crippen LogP contribution in [-0.4, -0.2) is 59.9 Å². The average Bonchev–Trinajstić information content (AvgIpc) is 3.30. The number of amides is 2. The van der Waals surface area contributed by atoms with Gasteiger partial charge >= 0.3 is 0 Å². The molecule has 1 aromatic carbocycles. The van der Waals surface area contributed by atoms with E-state index in [1.54, 1.807) is 7.11 Å². The number of nitrogens with one attached hydrogen (secondary N) is 1. The van der Waals surface area contributed by atoms with Gasteiger partial charge in [0.15, 0.2) is 0 Å². The molecule has 0 aromatic heterocycles. The van der Waals surface area contributed by atoms with E-state index in [-0.39, 0.29) is 17.7 Å². The molecular weight excluding hydrogens is 448 g/mol. The number of benzene rings is 1. The van der Waals surface area contributed by atoms with Gasteiger partial charge in [-0.2, -0.15) is 4.99 Å². The molecule has 1 aromatic rings. The summed E-state index contributed by atoms with van der Waals surface area (Å²) in [4.78, 5) is 37.1. The predicted molar refractivity (Wildman–Crippen MR) is 136 cm³/mol. The highest BCUT2D eigenvalue weighted by Gasteiger charge is 2.38. The van der Waals surface area contributed by atoms with Gasteiger partial charge < -0.3 is 15.0 Å². The number of methoxy groups -OCH3 is 1. The van der Waals surface area contributed by atoms with Crippen LogP contribution in [0.15, 0.2) is 39.7 Å². The van der Waals surface area contributed by atoms with Crippen LogP contribution in [0.25, 0.3) is 5.57 Å². The fraction of sp³-hybridized carbons (Fsp3) is 0.538. The molecule has 3 heterocycles. The van der Waals surface area contributed by atoms with Crippen molar-refractivity contribution in [3.63, 3.8) is 0 Å². The third-order valence-electron chi connectivity index (χ3n) is 7.32. The predicted octanol–water partition coefficient (Wildman–Crippen LogP) is 3.90. The number of ether oxygens (including phenoxy) is 1. The second-order valence-electron chi connectivity index (χ2n) is 9.78. The van der Waals surface area contributed by atoms with E-state index in [1.807, 2.05) is 34.6 Å². The Morgan fingerprint density at radius 2 is 2.00 bits per heavy atom. The van der Waals surface area contributed by atoms with Gasteiger partial charge in [-0.1, -0.05) is 19.1 Å². The lowest BCUT2D eigenvalue weighted by atomic mass is 9.87. The van der Waals surface area contributed by atoms with Gasteiger partial charge in [0.2, 0.25) is 11.9 Å². The van der Waals surface area contributed by atoms with Crippen molar-refractivity contribution in [1.82, 2.24) is 10.2 Å². The van der Waals surface area contributed by atoms with Gasteiger partial charge in [-0.15, -0.1) is 11.8 Å². The first-order valence-corrected chi connectivity index (χ1v) is 13.2. The Kier molecular flexibility index (Phi) is 6.77. The highest BCUT2D eigenvalue weighted by molar-refractivity contribution is 8.05. The van der Waals surface area contributed by atoms with Gasteiger partial charge in [-0.25, -0.2) is 4.99 Å². The maximum absolute atomic E-state index is 13.0. The van der Waals surface area contributed by atoms with E-state index >= 15 is 0 Å². The van der Waals surface area contributed by atoms with E-state index in [9.17, 15) is 9.59 Å². The molecule has 34 heavy (non-hydrogen) atoms. The summed E-state index contributed by atoms with van der Waals surface area (Å²) in [7, 11) is 1.64. The molecule has 3 aliphatic heterocycles. The van der Waals surface area contributed by atoms with Crippen LogP contribution in [0.2, 0.25) is 0 Å². The second kappa shape index (κ2) is 9.94. The number of likely N-dealkylation sites (tertiary alicyclic amines) is 1. The number of fused-ring (bicyclic) bond motifs is 1. The van der Waals surface area contributed by atoms with Crippen molar-refractivity contribution in [3.05, 3.63) is 35.2 Å². The molecule has 1 N–H and O–H groups in total. The van der Waals surface area contributed by atoms with Crippen molar-refractivity contribution in [2.45, 2.75) is 56.7 Å². The normalized spacial score (nSPS) is 29.1. The molecule has 7 nitrogen and oxygen atoms in total. The number of guanidine groups is 1. The molecule has 0 spiro atoms. The lowest BCUT2D eigenvalue weighted by Gasteiger charge is -2.35. The molecular formula is C26H32N4O3S. The Labute approximate surface area is 205 Å². The molecule has 180 valence electrons. The van der Waals surface area contributed by atoms with Crippen molar-refractivity contribution in [2.24, 2.45) is 21.8 Å². The quantitative estimate of drug-likeness (QED) is 0.707. The lowest BCUT2D eigenvalue weighted by molar-refractivity contribution is -0.127. The van der Waals surface area contributed by atoms with E-state index in [0.717, 1.165) is 60.7 Å². The lowest BCUT2D eigenvalue weighted by Crippen LogP contribution is -2.49. The highest BCUT2D eigenvalue weighted by atomic mass is 32.2. The zero-order chi connectivity index (χ0) is 23.7. The summed E-state index contributed by atoms with van der Waals surface area (Å²) in [6, 6.07) is 8.09. The first kappa shape index (κ1) is 23.1. The Morgan fingerprint density at radius 3 is 2.79 bits per heavy atom. The molecule has 2 unspecified atom stereocenters. The number of carbonyl (C=O) groups excluding carboxylic acids is 2. The number of piperidine rings is 1. The Hall–Kier alpha value is -2.61. The molecule has 1 saturated heterocycles. The first-order chi connectivity index (χ1) is 16.5. The summed E-state index contributed by atoms with van der Waals surface area (Å²) in [5.41, 5.74) is 2.66. The maximum atomic E-state index is 13.0. The topological polar surface area (TPSA) is 83.4 Å². The second-order valence-corrected chi connectivity index (χ2v) is 10.8. The van der Waals surface area contributed by atoms with Crippen LogP contribution in [-0.2, 0) is 9.59 Å². The molecule has 0 radical (unpaired) electrons. The number of allylic oxidation sites excluding steroid dienone is 1. The van der Waals surface area contributed by atoms with E-state index in [4.69, 9.17) is 9.73 Å². The highest BCUT2D eigenvalue weighted by Crippen LogP contribution is 2.38. The van der Waals surface area contributed by atoms with Crippen molar-refractivity contribution in [2.75, 3.05) is 20.2 Å². The first-order valence-electron chi connectivity index (χ1n) is 12.3. The number of hydrogen-bond donors (Lipinski definition) is 1. The summed E-state index contributed by atoms with van der Waals surface area (Å²) in [5, 5.41) is 4.88. The molecule has 2 atom stereocenters. The van der Waals surface area contributed by atoms with Gasteiger partial charge in [0.05, 0.1) is 18.7 Å². The monoisotopic (exact) mass is 480 g/mol. The van der Waals surface area contributed by atoms with Crippen LogP contribution < -0.4 is 10.1 Å². The van der Waals surface area contributed by atoms with Gasteiger partial charge in [0.25, 0.3) is 5.91 Å². The molecule has 5 rings (SSSR count). The van der Waals surface area contributed by atoms with Crippen LogP contribution in [0.1, 0.15) is 51.0 Å². The SMILES string of the molecule is COc1cccc(C2=CSC3C(=O)N=C(N4CCCC(C(=O)NC5CCC(C)CC5)C4)N=C23)c1. The summed E-state index contributed by atoms with van der Waals surface area (Å²) >= 11 is 1.45. The minimum Gasteiger partial charge on any atom is -0.497 e. The van der Waals surface area contributed by atoms with Crippen LogP contribution in [0.5, 0.6) is 5.75 Å². The van der Waals surface area contributed by atoms with Gasteiger partial charge in [-0.3, -0.25) is 9.59 Å². The van der Waals surface area contributed by atoms with Gasteiger partial charge in [0, 0.05) is 24.7 Å². The van der Waals surface area contributed by atoms with Gasteiger partial charge in [-0.05, 0) is 67.5 Å². The van der Waals surface area contributed by atoms with Crippen molar-refractivity contribution >= 4 is 40.8 Å². The fourth-order valence-electron chi connectivity index (χ4n) is 5.23. The van der Waals surface area contributed by atoms with Crippen molar-refractivity contribution in [1.29, 1.82) is 0 Å². The smallest absolute Gasteiger partial charge is 0.268 e. The molecule has 0 bridgehead atoms. The number of nitrogens with zero attached hydrogens (tertiary/aromatic N) is 3. The minimum absolute atomic E-state index is 0.102. The van der Waals surface area contributed by atoms with Crippen molar-refractivity contribution in [3.8, 4) is 5.75 Å². The summed E-state index contributed by atoms with van der Waals surface area (Å²) in [6.07, 6.45) is 6.24. The molecule has 4 aliphatic rings. The van der Waals surface area contributed by atoms with Crippen molar-refractivity contribution < 1.29 is 14.3 Å². The van der Waals surface area contributed by atoms with Gasteiger partial charge in [0.1, 0.15) is 11.0 Å². The zero-order valence-corrected chi connectivity index (χ0v) is 20.6. The number of hydrogen-bond acceptors (Lipinski definition) is 6. The summed E-state index contributed by atoms with van der Waals surface area (Å²) < 4.78 is 5.37. The standard InChI is InChI=1S/C26H32N4O3S/c1-16-8-10-19(11-9-16)27-24(31)18-6-4-12-30(14-18)26-28-22-21(15-34-23(22)25(32)29-26)17-5-3-7-20(13-17)33-2/h3,5,7,13,15-16,18-19,23H,4,6,8-12,14H2,1-2H3,(H,27,31). The van der Waals surface area contributed by atoms with E-state index in [2.05, 4.69) is 17.2 Å². The average molecular weight is 481 g/mol. The molecule has 8 heteroatoms. The number of rotatable bonds is 4. The molecule has 1 saturated carbocycles.